The second kappa shape index (κ2) is 8.62. The Bertz CT molecular complexity index is 650. The van der Waals surface area contributed by atoms with Gasteiger partial charge in [0.15, 0.2) is 0 Å². The molecule has 0 spiro atoms. The summed E-state index contributed by atoms with van der Waals surface area (Å²) in [6.45, 7) is 3.04. The quantitative estimate of drug-likeness (QED) is 0.817. The maximum atomic E-state index is 12.2. The minimum atomic E-state index is -0.173. The van der Waals surface area contributed by atoms with Crippen molar-refractivity contribution in [2.24, 2.45) is 0 Å². The maximum Gasteiger partial charge on any atom is 0.238 e. The molecular weight excluding hydrogens is 314 g/mol. The van der Waals surface area contributed by atoms with E-state index in [9.17, 15) is 9.90 Å². The molecule has 0 fully saturated rings. The van der Waals surface area contributed by atoms with Crippen LogP contribution in [0.15, 0.2) is 42.7 Å². The Morgan fingerprint density at radius 2 is 2.22 bits per heavy atom. The van der Waals surface area contributed by atoms with Crippen LogP contribution in [0.25, 0.3) is 0 Å². The van der Waals surface area contributed by atoms with Crippen LogP contribution >= 0.6 is 11.6 Å². The van der Waals surface area contributed by atoms with Crippen molar-refractivity contribution in [3.8, 4) is 0 Å². The van der Waals surface area contributed by atoms with Crippen LogP contribution in [-0.2, 0) is 11.3 Å². The van der Waals surface area contributed by atoms with Gasteiger partial charge < -0.3 is 10.4 Å². The van der Waals surface area contributed by atoms with Gasteiger partial charge in [0.05, 0.1) is 23.9 Å². The van der Waals surface area contributed by atoms with Gasteiger partial charge in [-0.15, -0.1) is 0 Å². The molecule has 0 aliphatic rings. The fraction of sp³-hybridized carbons (Fsp3) is 0.294. The summed E-state index contributed by atoms with van der Waals surface area (Å²) in [5.41, 5.74) is 2.61. The molecular formula is C17H20ClN3O2. The third-order valence-electron chi connectivity index (χ3n) is 3.31. The summed E-state index contributed by atoms with van der Waals surface area (Å²) < 4.78 is 0. The summed E-state index contributed by atoms with van der Waals surface area (Å²) in [6.07, 6.45) is 3.45. The first-order valence-electron chi connectivity index (χ1n) is 7.36. The van der Waals surface area contributed by atoms with E-state index >= 15 is 0 Å². The van der Waals surface area contributed by atoms with Gasteiger partial charge in [0.1, 0.15) is 0 Å². The van der Waals surface area contributed by atoms with Crippen molar-refractivity contribution in [3.63, 3.8) is 0 Å². The molecule has 122 valence electrons. The van der Waals surface area contributed by atoms with Crippen LogP contribution in [0.4, 0.5) is 5.69 Å². The first-order valence-corrected chi connectivity index (χ1v) is 7.74. The molecule has 2 N–H and O–H groups in total. The molecule has 6 heteroatoms. The number of rotatable bonds is 7. The number of hydrogen-bond acceptors (Lipinski definition) is 4. The van der Waals surface area contributed by atoms with E-state index in [1.165, 1.54) is 0 Å². The Kier molecular flexibility index (Phi) is 6.52. The molecule has 0 unspecified atom stereocenters. The van der Waals surface area contributed by atoms with Gasteiger partial charge in [0, 0.05) is 25.5 Å². The molecule has 2 aromatic rings. The number of aryl methyl sites for hydroxylation is 1. The normalized spacial score (nSPS) is 10.8. The van der Waals surface area contributed by atoms with Gasteiger partial charge in [0.25, 0.3) is 0 Å². The predicted molar refractivity (Wildman–Crippen MR) is 91.4 cm³/mol. The van der Waals surface area contributed by atoms with E-state index in [2.05, 4.69) is 10.3 Å². The number of amides is 1. The molecule has 5 nitrogen and oxygen atoms in total. The molecule has 1 heterocycles. The SMILES string of the molecule is Cc1ccc(NC(=O)CN(CCO)Cc2cccnc2)c(Cl)c1. The lowest BCUT2D eigenvalue weighted by molar-refractivity contribution is -0.117. The van der Waals surface area contributed by atoms with Gasteiger partial charge in [-0.25, -0.2) is 0 Å². The second-order valence-corrected chi connectivity index (χ2v) is 5.73. The summed E-state index contributed by atoms with van der Waals surface area (Å²) in [5.74, 6) is -0.173. The average molecular weight is 334 g/mol. The Hall–Kier alpha value is -1.95. The van der Waals surface area contributed by atoms with Crippen LogP contribution in [0.3, 0.4) is 0 Å². The number of pyridine rings is 1. The average Bonchev–Trinajstić information content (AvgIpc) is 2.51. The fourth-order valence-electron chi connectivity index (χ4n) is 2.22. The maximum absolute atomic E-state index is 12.2. The Balaban J connectivity index is 1.97. The second-order valence-electron chi connectivity index (χ2n) is 5.33. The van der Waals surface area contributed by atoms with E-state index < -0.39 is 0 Å². The zero-order valence-electron chi connectivity index (χ0n) is 13.0. The highest BCUT2D eigenvalue weighted by molar-refractivity contribution is 6.33. The third-order valence-corrected chi connectivity index (χ3v) is 3.62. The molecule has 23 heavy (non-hydrogen) atoms. The molecule has 1 aromatic carbocycles. The van der Waals surface area contributed by atoms with E-state index in [1.54, 1.807) is 24.5 Å². The molecule has 0 aliphatic heterocycles. The van der Waals surface area contributed by atoms with Gasteiger partial charge in [-0.2, -0.15) is 0 Å². The van der Waals surface area contributed by atoms with Gasteiger partial charge in [0.2, 0.25) is 5.91 Å². The van der Waals surface area contributed by atoms with Crippen LogP contribution in [0.2, 0.25) is 5.02 Å². The highest BCUT2D eigenvalue weighted by Crippen LogP contribution is 2.22. The van der Waals surface area contributed by atoms with Crippen molar-refractivity contribution < 1.29 is 9.90 Å². The smallest absolute Gasteiger partial charge is 0.238 e. The molecule has 0 saturated heterocycles. The third kappa shape index (κ3) is 5.63. The van der Waals surface area contributed by atoms with Crippen LogP contribution in [-0.4, -0.2) is 40.6 Å². The van der Waals surface area contributed by atoms with Crippen LogP contribution in [0, 0.1) is 6.92 Å². The lowest BCUT2D eigenvalue weighted by atomic mass is 10.2. The standard InChI is InChI=1S/C17H20ClN3O2/c1-13-4-5-16(15(18)9-13)20-17(23)12-21(7-8-22)11-14-3-2-6-19-10-14/h2-6,9-10,22H,7-8,11-12H2,1H3,(H,20,23). The summed E-state index contributed by atoms with van der Waals surface area (Å²) in [4.78, 5) is 18.1. The van der Waals surface area contributed by atoms with E-state index in [1.807, 2.05) is 30.0 Å². The number of aromatic nitrogens is 1. The topological polar surface area (TPSA) is 65.5 Å². The summed E-state index contributed by atoms with van der Waals surface area (Å²) in [5, 5.41) is 12.5. The van der Waals surface area contributed by atoms with Crippen molar-refractivity contribution in [2.75, 3.05) is 25.0 Å². The van der Waals surface area contributed by atoms with Gasteiger partial charge >= 0.3 is 0 Å². The van der Waals surface area contributed by atoms with E-state index in [0.717, 1.165) is 11.1 Å². The number of halogens is 1. The van der Waals surface area contributed by atoms with Crippen LogP contribution in [0.1, 0.15) is 11.1 Å². The number of aliphatic hydroxyl groups excluding tert-OH is 1. The van der Waals surface area contributed by atoms with Crippen LogP contribution in [0.5, 0.6) is 0 Å². The van der Waals surface area contributed by atoms with Gasteiger partial charge in [-0.3, -0.25) is 14.7 Å². The van der Waals surface area contributed by atoms with Gasteiger partial charge in [-0.05, 0) is 36.2 Å². The minimum absolute atomic E-state index is 0.0150. The van der Waals surface area contributed by atoms with E-state index in [0.29, 0.717) is 23.8 Å². The minimum Gasteiger partial charge on any atom is -0.395 e. The Labute approximate surface area is 140 Å². The number of carbonyl (C=O) groups excluding carboxylic acids is 1. The summed E-state index contributed by atoms with van der Waals surface area (Å²) in [6, 6.07) is 9.26. The highest BCUT2D eigenvalue weighted by Gasteiger charge is 2.12. The lowest BCUT2D eigenvalue weighted by Crippen LogP contribution is -2.34. The van der Waals surface area contributed by atoms with Gasteiger partial charge in [-0.1, -0.05) is 23.7 Å². The van der Waals surface area contributed by atoms with Crippen LogP contribution < -0.4 is 5.32 Å². The Morgan fingerprint density at radius 3 is 2.87 bits per heavy atom. The number of benzene rings is 1. The largest absolute Gasteiger partial charge is 0.395 e. The molecule has 0 aliphatic carbocycles. The molecule has 0 saturated carbocycles. The fourth-order valence-corrected chi connectivity index (χ4v) is 2.50. The van der Waals surface area contributed by atoms with Crippen molar-refractivity contribution in [3.05, 3.63) is 58.9 Å². The Morgan fingerprint density at radius 1 is 1.39 bits per heavy atom. The molecule has 0 radical (unpaired) electrons. The number of carbonyl (C=O) groups is 1. The first kappa shape index (κ1) is 17.4. The number of anilines is 1. The monoisotopic (exact) mass is 333 g/mol. The molecule has 1 aromatic heterocycles. The van der Waals surface area contributed by atoms with Crippen molar-refractivity contribution >= 4 is 23.2 Å². The van der Waals surface area contributed by atoms with E-state index in [-0.39, 0.29) is 19.1 Å². The first-order chi connectivity index (χ1) is 11.1. The van der Waals surface area contributed by atoms with Crippen molar-refractivity contribution in [1.82, 2.24) is 9.88 Å². The highest BCUT2D eigenvalue weighted by atomic mass is 35.5. The van der Waals surface area contributed by atoms with Crippen molar-refractivity contribution in [2.45, 2.75) is 13.5 Å². The predicted octanol–water partition coefficient (Wildman–Crippen LogP) is 2.48. The number of nitrogens with zero attached hydrogens (tertiary/aromatic N) is 2. The number of hydrogen-bond donors (Lipinski definition) is 2. The molecule has 1 amide bonds. The molecule has 0 atom stereocenters. The molecule has 0 bridgehead atoms. The summed E-state index contributed by atoms with van der Waals surface area (Å²) >= 11 is 6.12. The molecule has 2 rings (SSSR count). The summed E-state index contributed by atoms with van der Waals surface area (Å²) in [7, 11) is 0. The lowest BCUT2D eigenvalue weighted by Gasteiger charge is -2.21. The zero-order valence-corrected chi connectivity index (χ0v) is 13.8. The zero-order chi connectivity index (χ0) is 16.7. The number of aliphatic hydroxyl groups is 1. The van der Waals surface area contributed by atoms with Crippen molar-refractivity contribution in [1.29, 1.82) is 0 Å². The van der Waals surface area contributed by atoms with E-state index in [4.69, 9.17) is 11.6 Å². The number of nitrogens with one attached hydrogen (secondary N) is 1.